The summed E-state index contributed by atoms with van der Waals surface area (Å²) in [6.07, 6.45) is -0.536. The zero-order valence-corrected chi connectivity index (χ0v) is 11.8. The van der Waals surface area contributed by atoms with Gasteiger partial charge in [-0.15, -0.1) is 0 Å². The largest absolute Gasteiger partial charge is 0.444 e. The van der Waals surface area contributed by atoms with Crippen LogP contribution in [0.4, 0.5) is 10.5 Å². The van der Waals surface area contributed by atoms with Crippen LogP contribution in [0.1, 0.15) is 39.3 Å². The summed E-state index contributed by atoms with van der Waals surface area (Å²) in [6.45, 7) is 7.26. The topological polar surface area (TPSA) is 64.3 Å². The molecule has 1 aromatic carbocycles. The van der Waals surface area contributed by atoms with E-state index in [1.807, 2.05) is 13.0 Å². The Hall–Kier alpha value is -1.26. The Bertz CT molecular complexity index is 439. The summed E-state index contributed by atoms with van der Waals surface area (Å²) >= 11 is 6.01. The van der Waals surface area contributed by atoms with Crippen molar-refractivity contribution >= 4 is 23.4 Å². The fourth-order valence-corrected chi connectivity index (χ4v) is 1.50. The number of carbonyl (C=O) groups is 1. The maximum atomic E-state index is 11.6. The zero-order valence-electron chi connectivity index (χ0n) is 11.1. The van der Waals surface area contributed by atoms with Gasteiger partial charge in [0.15, 0.2) is 0 Å². The molecule has 0 radical (unpaired) electrons. The van der Waals surface area contributed by atoms with Crippen LogP contribution in [0.3, 0.4) is 0 Å². The van der Waals surface area contributed by atoms with Gasteiger partial charge in [0.2, 0.25) is 0 Å². The number of ether oxygens (including phenoxy) is 1. The number of hydrogen-bond donors (Lipinski definition) is 2. The number of nitrogens with two attached hydrogens (primary N) is 1. The van der Waals surface area contributed by atoms with E-state index in [2.05, 4.69) is 5.32 Å². The molecule has 0 spiro atoms. The molecule has 1 rings (SSSR count). The molecule has 0 fully saturated rings. The Kier molecular flexibility index (Phi) is 4.59. The molecule has 0 bridgehead atoms. The molecule has 0 heterocycles. The van der Waals surface area contributed by atoms with Gasteiger partial charge in [-0.1, -0.05) is 17.7 Å². The van der Waals surface area contributed by atoms with Crippen LogP contribution in [0, 0.1) is 0 Å². The van der Waals surface area contributed by atoms with Crippen molar-refractivity contribution in [2.75, 3.05) is 5.32 Å². The minimum atomic E-state index is -0.546. The zero-order chi connectivity index (χ0) is 13.9. The Morgan fingerprint density at radius 1 is 1.44 bits per heavy atom. The summed E-state index contributed by atoms with van der Waals surface area (Å²) in [5.74, 6) is 0. The van der Waals surface area contributed by atoms with E-state index < -0.39 is 11.7 Å². The summed E-state index contributed by atoms with van der Waals surface area (Å²) in [7, 11) is 0. The van der Waals surface area contributed by atoms with Gasteiger partial charge in [-0.25, -0.2) is 4.79 Å². The lowest BCUT2D eigenvalue weighted by Crippen LogP contribution is -2.27. The molecule has 0 saturated carbocycles. The van der Waals surface area contributed by atoms with Gasteiger partial charge in [0, 0.05) is 6.04 Å². The number of benzene rings is 1. The number of rotatable bonds is 2. The lowest BCUT2D eigenvalue weighted by molar-refractivity contribution is 0.0636. The molecule has 0 aliphatic rings. The van der Waals surface area contributed by atoms with Gasteiger partial charge < -0.3 is 10.5 Å². The van der Waals surface area contributed by atoms with E-state index in [0.29, 0.717) is 10.7 Å². The number of halogens is 1. The summed E-state index contributed by atoms with van der Waals surface area (Å²) in [4.78, 5) is 11.6. The van der Waals surface area contributed by atoms with E-state index in [-0.39, 0.29) is 6.04 Å². The van der Waals surface area contributed by atoms with Crippen molar-refractivity contribution < 1.29 is 9.53 Å². The number of amides is 1. The van der Waals surface area contributed by atoms with Crippen LogP contribution in [0.25, 0.3) is 0 Å². The number of nitrogens with one attached hydrogen (secondary N) is 1. The minimum Gasteiger partial charge on any atom is -0.444 e. The van der Waals surface area contributed by atoms with Gasteiger partial charge in [0.25, 0.3) is 0 Å². The highest BCUT2D eigenvalue weighted by Crippen LogP contribution is 2.25. The quantitative estimate of drug-likeness (QED) is 0.861. The second-order valence-electron chi connectivity index (χ2n) is 5.15. The average Bonchev–Trinajstić information content (AvgIpc) is 2.18. The standard InChI is InChI=1S/C13H19ClN2O2/c1-8(15)9-5-6-10(14)11(7-9)16-12(17)18-13(2,3)4/h5-8H,15H2,1-4H3,(H,16,17)/t8-/m0/s1. The molecule has 0 aliphatic heterocycles. The Morgan fingerprint density at radius 3 is 2.56 bits per heavy atom. The first-order valence-corrected chi connectivity index (χ1v) is 6.12. The van der Waals surface area contributed by atoms with Crippen molar-refractivity contribution in [2.24, 2.45) is 5.73 Å². The van der Waals surface area contributed by atoms with Crippen molar-refractivity contribution in [2.45, 2.75) is 39.3 Å². The maximum absolute atomic E-state index is 11.6. The highest BCUT2D eigenvalue weighted by molar-refractivity contribution is 6.33. The molecular formula is C13H19ClN2O2. The highest BCUT2D eigenvalue weighted by atomic mass is 35.5. The third kappa shape index (κ3) is 4.55. The molecule has 1 atom stereocenters. The van der Waals surface area contributed by atoms with Crippen molar-refractivity contribution in [1.82, 2.24) is 0 Å². The van der Waals surface area contributed by atoms with Crippen LogP contribution in [-0.4, -0.2) is 11.7 Å². The van der Waals surface area contributed by atoms with Gasteiger partial charge in [0.1, 0.15) is 5.60 Å². The van der Waals surface area contributed by atoms with Gasteiger partial charge >= 0.3 is 6.09 Å². The molecule has 0 saturated heterocycles. The molecule has 3 N–H and O–H groups in total. The van der Waals surface area contributed by atoms with Crippen LogP contribution in [0.15, 0.2) is 18.2 Å². The molecule has 1 amide bonds. The smallest absolute Gasteiger partial charge is 0.412 e. The first-order chi connectivity index (χ1) is 8.19. The van der Waals surface area contributed by atoms with Crippen LogP contribution in [-0.2, 0) is 4.74 Å². The Balaban J connectivity index is 2.84. The van der Waals surface area contributed by atoms with Crippen molar-refractivity contribution in [3.05, 3.63) is 28.8 Å². The minimum absolute atomic E-state index is 0.124. The van der Waals surface area contributed by atoms with E-state index >= 15 is 0 Å². The second-order valence-corrected chi connectivity index (χ2v) is 5.56. The number of hydrogen-bond acceptors (Lipinski definition) is 3. The van der Waals surface area contributed by atoms with Gasteiger partial charge in [-0.05, 0) is 45.4 Å². The molecule has 4 nitrogen and oxygen atoms in total. The monoisotopic (exact) mass is 270 g/mol. The van der Waals surface area contributed by atoms with E-state index in [1.54, 1.807) is 32.9 Å². The first-order valence-electron chi connectivity index (χ1n) is 5.74. The molecule has 0 unspecified atom stereocenters. The lowest BCUT2D eigenvalue weighted by Gasteiger charge is -2.20. The lowest BCUT2D eigenvalue weighted by atomic mass is 10.1. The molecule has 5 heteroatoms. The van der Waals surface area contributed by atoms with Crippen LogP contribution in [0.2, 0.25) is 5.02 Å². The SMILES string of the molecule is C[C@H](N)c1ccc(Cl)c(NC(=O)OC(C)(C)C)c1. The third-order valence-electron chi connectivity index (χ3n) is 2.15. The molecule has 0 aliphatic carbocycles. The van der Waals surface area contributed by atoms with Crippen LogP contribution < -0.4 is 11.1 Å². The second kappa shape index (κ2) is 5.59. The van der Waals surface area contributed by atoms with Gasteiger partial charge in [-0.2, -0.15) is 0 Å². The van der Waals surface area contributed by atoms with Gasteiger partial charge in [-0.3, -0.25) is 5.32 Å². The molecular weight excluding hydrogens is 252 g/mol. The molecule has 1 aromatic rings. The normalized spacial score (nSPS) is 13.0. The predicted molar refractivity (Wildman–Crippen MR) is 73.9 cm³/mol. The fourth-order valence-electron chi connectivity index (χ4n) is 1.34. The fraction of sp³-hybridized carbons (Fsp3) is 0.462. The van der Waals surface area contributed by atoms with Crippen molar-refractivity contribution in [3.63, 3.8) is 0 Å². The summed E-state index contributed by atoms with van der Waals surface area (Å²) < 4.78 is 5.16. The Morgan fingerprint density at radius 2 is 2.06 bits per heavy atom. The summed E-state index contributed by atoms with van der Waals surface area (Å²) in [5.41, 5.74) is 6.63. The van der Waals surface area contributed by atoms with Crippen molar-refractivity contribution in [3.8, 4) is 0 Å². The number of carbonyl (C=O) groups excluding carboxylic acids is 1. The highest BCUT2D eigenvalue weighted by Gasteiger charge is 2.17. The van der Waals surface area contributed by atoms with E-state index in [1.165, 1.54) is 0 Å². The molecule has 18 heavy (non-hydrogen) atoms. The average molecular weight is 271 g/mol. The summed E-state index contributed by atoms with van der Waals surface area (Å²) in [6, 6.07) is 5.15. The van der Waals surface area contributed by atoms with E-state index in [9.17, 15) is 4.79 Å². The first kappa shape index (κ1) is 14.8. The third-order valence-corrected chi connectivity index (χ3v) is 2.48. The predicted octanol–water partition coefficient (Wildman–Crippen LogP) is 3.71. The number of anilines is 1. The van der Waals surface area contributed by atoms with Crippen molar-refractivity contribution in [1.29, 1.82) is 0 Å². The maximum Gasteiger partial charge on any atom is 0.412 e. The molecule has 0 aromatic heterocycles. The van der Waals surface area contributed by atoms with Crippen LogP contribution >= 0.6 is 11.6 Å². The van der Waals surface area contributed by atoms with Crippen LogP contribution in [0.5, 0.6) is 0 Å². The van der Waals surface area contributed by atoms with E-state index in [4.69, 9.17) is 22.1 Å². The molecule has 100 valence electrons. The Labute approximate surface area is 112 Å². The summed E-state index contributed by atoms with van der Waals surface area (Å²) in [5, 5.41) is 3.06. The van der Waals surface area contributed by atoms with E-state index in [0.717, 1.165) is 5.56 Å². The van der Waals surface area contributed by atoms with Gasteiger partial charge in [0.05, 0.1) is 10.7 Å².